The minimum atomic E-state index is -1.03. The summed E-state index contributed by atoms with van der Waals surface area (Å²) in [6.45, 7) is 10.7. The van der Waals surface area contributed by atoms with Gasteiger partial charge < -0.3 is 20.4 Å². The highest BCUT2D eigenvalue weighted by molar-refractivity contribution is 5.14. The maximum absolute atomic E-state index is 10.6. The third-order valence-corrected chi connectivity index (χ3v) is 4.65. The van der Waals surface area contributed by atoms with Gasteiger partial charge in [-0.3, -0.25) is 0 Å². The molecule has 0 aromatic heterocycles. The van der Waals surface area contributed by atoms with Crippen molar-refractivity contribution >= 4 is 0 Å². The molecule has 22 heavy (non-hydrogen) atoms. The predicted octanol–water partition coefficient (Wildman–Crippen LogP) is 2.09. The van der Waals surface area contributed by atoms with Crippen LogP contribution in [0.15, 0.2) is 0 Å². The van der Waals surface area contributed by atoms with E-state index in [1.165, 1.54) is 0 Å². The van der Waals surface area contributed by atoms with Gasteiger partial charge in [-0.1, -0.05) is 32.6 Å². The number of hydrogen-bond donors (Lipinski definition) is 4. The Hall–Kier alpha value is -0.600. The number of aliphatic hydroxyl groups is 4. The molecule has 0 fully saturated rings. The van der Waals surface area contributed by atoms with Crippen molar-refractivity contribution in [1.29, 1.82) is 0 Å². The van der Waals surface area contributed by atoms with Crippen LogP contribution in [0.1, 0.15) is 67.2 Å². The third kappa shape index (κ3) is 7.11. The van der Waals surface area contributed by atoms with Crippen LogP contribution >= 0.6 is 0 Å². The molecular formula is C18H34O4. The highest BCUT2D eigenvalue weighted by Gasteiger charge is 2.39. The van der Waals surface area contributed by atoms with Crippen molar-refractivity contribution in [1.82, 2.24) is 0 Å². The second-order valence-corrected chi connectivity index (χ2v) is 7.07. The van der Waals surface area contributed by atoms with Crippen molar-refractivity contribution in [3.05, 3.63) is 0 Å². The van der Waals surface area contributed by atoms with E-state index in [0.717, 1.165) is 0 Å². The second kappa shape index (κ2) is 8.88. The first-order valence-corrected chi connectivity index (χ1v) is 8.27. The zero-order chi connectivity index (χ0) is 17.6. The van der Waals surface area contributed by atoms with E-state index in [1.807, 2.05) is 20.8 Å². The summed E-state index contributed by atoms with van der Waals surface area (Å²) in [4.78, 5) is 0. The SMILES string of the molecule is CCC(O)CCC(O)C#CC(C(C)C(C)(C)O)C(C)(O)CC. The van der Waals surface area contributed by atoms with Crippen LogP contribution in [0.5, 0.6) is 0 Å². The molecule has 130 valence electrons. The second-order valence-electron chi connectivity index (χ2n) is 7.07. The molecule has 0 saturated heterocycles. The summed E-state index contributed by atoms with van der Waals surface area (Å²) < 4.78 is 0. The molecule has 4 heteroatoms. The van der Waals surface area contributed by atoms with Gasteiger partial charge in [0.1, 0.15) is 6.10 Å². The van der Waals surface area contributed by atoms with Gasteiger partial charge >= 0.3 is 0 Å². The number of hydrogen-bond acceptors (Lipinski definition) is 4. The first-order valence-electron chi connectivity index (χ1n) is 8.27. The van der Waals surface area contributed by atoms with Gasteiger partial charge in [0.2, 0.25) is 0 Å². The van der Waals surface area contributed by atoms with Gasteiger partial charge in [0.05, 0.1) is 23.2 Å². The number of rotatable bonds is 8. The van der Waals surface area contributed by atoms with Crippen LogP contribution in [0.4, 0.5) is 0 Å². The van der Waals surface area contributed by atoms with Gasteiger partial charge in [-0.2, -0.15) is 0 Å². The van der Waals surface area contributed by atoms with Crippen molar-refractivity contribution < 1.29 is 20.4 Å². The molecule has 5 unspecified atom stereocenters. The Kier molecular flexibility index (Phi) is 8.64. The lowest BCUT2D eigenvalue weighted by atomic mass is 9.72. The van der Waals surface area contributed by atoms with Gasteiger partial charge in [-0.05, 0) is 46.5 Å². The lowest BCUT2D eigenvalue weighted by molar-refractivity contribution is -0.0630. The average molecular weight is 314 g/mol. The quantitative estimate of drug-likeness (QED) is 0.517. The van der Waals surface area contributed by atoms with Crippen LogP contribution < -0.4 is 0 Å². The molecule has 0 bridgehead atoms. The fraction of sp³-hybridized carbons (Fsp3) is 0.889. The number of aliphatic hydroxyl groups excluding tert-OH is 2. The molecule has 0 rings (SSSR count). The van der Waals surface area contributed by atoms with Crippen LogP contribution in [-0.2, 0) is 0 Å². The zero-order valence-corrected chi connectivity index (χ0v) is 14.9. The fourth-order valence-electron chi connectivity index (χ4n) is 2.26. The average Bonchev–Trinajstić information content (AvgIpc) is 2.43. The van der Waals surface area contributed by atoms with Gasteiger partial charge in [0, 0.05) is 5.92 Å². The smallest absolute Gasteiger partial charge is 0.114 e. The molecule has 0 aliphatic heterocycles. The van der Waals surface area contributed by atoms with Crippen LogP contribution in [0.2, 0.25) is 0 Å². The molecule has 0 spiro atoms. The summed E-state index contributed by atoms with van der Waals surface area (Å²) in [6.07, 6.45) is 0.828. The summed E-state index contributed by atoms with van der Waals surface area (Å²) in [6, 6.07) is 0. The molecule has 0 aromatic rings. The van der Waals surface area contributed by atoms with E-state index in [-0.39, 0.29) is 5.92 Å². The van der Waals surface area contributed by atoms with Gasteiger partial charge in [-0.15, -0.1) is 0 Å². The summed E-state index contributed by atoms with van der Waals surface area (Å²) >= 11 is 0. The first kappa shape index (κ1) is 21.4. The molecule has 0 aliphatic rings. The summed E-state index contributed by atoms with van der Waals surface area (Å²) in [5.74, 6) is 5.06. The van der Waals surface area contributed by atoms with Gasteiger partial charge in [0.25, 0.3) is 0 Å². The van der Waals surface area contributed by atoms with Crippen LogP contribution in [0, 0.1) is 23.7 Å². The maximum atomic E-state index is 10.6. The standard InChI is InChI=1S/C18H34O4/c1-7-14(19)9-10-15(20)11-12-16(18(6,22)8-2)13(3)17(4,5)21/h13-16,19-22H,7-10H2,1-6H3. The van der Waals surface area contributed by atoms with E-state index in [1.54, 1.807) is 20.8 Å². The highest BCUT2D eigenvalue weighted by Crippen LogP contribution is 2.33. The largest absolute Gasteiger partial charge is 0.393 e. The summed E-state index contributed by atoms with van der Waals surface area (Å²) in [5, 5.41) is 40.2. The Labute approximate surface area is 135 Å². The first-order chi connectivity index (χ1) is 9.95. The van der Waals surface area contributed by atoms with Crippen LogP contribution in [0.25, 0.3) is 0 Å². The Morgan fingerprint density at radius 2 is 1.50 bits per heavy atom. The Balaban J connectivity index is 5.06. The molecule has 5 atom stereocenters. The Morgan fingerprint density at radius 1 is 0.955 bits per heavy atom. The predicted molar refractivity (Wildman–Crippen MR) is 89.2 cm³/mol. The lowest BCUT2D eigenvalue weighted by Crippen LogP contribution is -2.45. The molecular weight excluding hydrogens is 280 g/mol. The van der Waals surface area contributed by atoms with Crippen molar-refractivity contribution in [2.75, 3.05) is 0 Å². The minimum Gasteiger partial charge on any atom is -0.393 e. The van der Waals surface area contributed by atoms with Crippen molar-refractivity contribution in [3.8, 4) is 11.8 Å². The Morgan fingerprint density at radius 3 is 1.91 bits per heavy atom. The molecule has 0 aromatic carbocycles. The van der Waals surface area contributed by atoms with E-state index in [9.17, 15) is 20.4 Å². The van der Waals surface area contributed by atoms with E-state index < -0.39 is 29.3 Å². The Bertz CT molecular complexity index is 373. The highest BCUT2D eigenvalue weighted by atomic mass is 16.3. The van der Waals surface area contributed by atoms with E-state index in [4.69, 9.17) is 0 Å². The van der Waals surface area contributed by atoms with Crippen molar-refractivity contribution in [2.24, 2.45) is 11.8 Å². The molecule has 4 N–H and O–H groups in total. The zero-order valence-electron chi connectivity index (χ0n) is 14.9. The molecule has 0 aliphatic carbocycles. The van der Waals surface area contributed by atoms with E-state index >= 15 is 0 Å². The molecule has 0 heterocycles. The maximum Gasteiger partial charge on any atom is 0.114 e. The van der Waals surface area contributed by atoms with E-state index in [2.05, 4.69) is 11.8 Å². The van der Waals surface area contributed by atoms with E-state index in [0.29, 0.717) is 25.7 Å². The fourth-order valence-corrected chi connectivity index (χ4v) is 2.26. The molecule has 4 nitrogen and oxygen atoms in total. The molecule has 0 saturated carbocycles. The third-order valence-electron chi connectivity index (χ3n) is 4.65. The summed E-state index contributed by atoms with van der Waals surface area (Å²) in [7, 11) is 0. The van der Waals surface area contributed by atoms with Crippen molar-refractivity contribution in [3.63, 3.8) is 0 Å². The van der Waals surface area contributed by atoms with Gasteiger partial charge in [0.15, 0.2) is 0 Å². The summed E-state index contributed by atoms with van der Waals surface area (Å²) in [5.41, 5.74) is -2.00. The minimum absolute atomic E-state index is 0.247. The normalized spacial score (nSPS) is 20.3. The lowest BCUT2D eigenvalue weighted by Gasteiger charge is -2.38. The van der Waals surface area contributed by atoms with Gasteiger partial charge in [-0.25, -0.2) is 0 Å². The molecule has 0 amide bonds. The van der Waals surface area contributed by atoms with Crippen LogP contribution in [0.3, 0.4) is 0 Å². The van der Waals surface area contributed by atoms with Crippen LogP contribution in [-0.4, -0.2) is 43.8 Å². The topological polar surface area (TPSA) is 80.9 Å². The molecule has 0 radical (unpaired) electrons. The van der Waals surface area contributed by atoms with Crippen molar-refractivity contribution in [2.45, 2.75) is 90.6 Å². The monoisotopic (exact) mass is 314 g/mol.